The van der Waals surface area contributed by atoms with Crippen LogP contribution in [0.3, 0.4) is 0 Å². The second-order valence-electron chi connectivity index (χ2n) is 6.62. The van der Waals surface area contributed by atoms with Gasteiger partial charge in [-0.3, -0.25) is 0 Å². The van der Waals surface area contributed by atoms with Gasteiger partial charge in [0.15, 0.2) is 6.10 Å². The first kappa shape index (κ1) is 23.9. The Hall–Kier alpha value is -3.36. The van der Waals surface area contributed by atoms with Crippen LogP contribution in [-0.4, -0.2) is 60.8 Å². The largest absolute Gasteiger partial charge is 0.490 e. The lowest BCUT2D eigenvalue weighted by molar-refractivity contribution is -0.146. The van der Waals surface area contributed by atoms with Crippen LogP contribution >= 0.6 is 0 Å². The van der Waals surface area contributed by atoms with Crippen LogP contribution in [0.2, 0.25) is 0 Å². The number of carbonyl (C=O) groups is 2. The molecule has 0 aliphatic heterocycles. The molecule has 0 aliphatic carbocycles. The summed E-state index contributed by atoms with van der Waals surface area (Å²) < 4.78 is 21.4. The molecule has 0 fully saturated rings. The van der Waals surface area contributed by atoms with Crippen molar-refractivity contribution in [2.45, 2.75) is 19.1 Å². The fraction of sp³-hybridized carbons (Fsp3) is 0.304. The summed E-state index contributed by atoms with van der Waals surface area (Å²) >= 11 is 0. The van der Waals surface area contributed by atoms with Crippen molar-refractivity contribution in [3.63, 3.8) is 0 Å². The average Bonchev–Trinajstić information content (AvgIpc) is 2.79. The second kappa shape index (κ2) is 11.7. The molecule has 2 atom stereocenters. The Bertz CT molecular complexity index is 937. The fourth-order valence-corrected chi connectivity index (χ4v) is 2.74. The topological polar surface area (TPSA) is 112 Å². The van der Waals surface area contributed by atoms with Crippen molar-refractivity contribution in [1.82, 2.24) is 0 Å². The predicted octanol–water partition coefficient (Wildman–Crippen LogP) is 2.09. The van der Waals surface area contributed by atoms with Gasteiger partial charge < -0.3 is 29.2 Å². The van der Waals surface area contributed by atoms with Crippen molar-refractivity contribution in [2.24, 2.45) is 0 Å². The van der Waals surface area contributed by atoms with Crippen molar-refractivity contribution in [2.75, 3.05) is 26.4 Å². The highest BCUT2D eigenvalue weighted by Gasteiger charge is 2.17. The Labute approximate surface area is 180 Å². The molecule has 0 saturated heterocycles. The molecule has 8 nitrogen and oxygen atoms in total. The van der Waals surface area contributed by atoms with E-state index in [-0.39, 0.29) is 19.8 Å². The molecule has 0 aliphatic rings. The number of aryl methyl sites for hydroxylation is 1. The standard InChI is InChI=1S/C23H26O8/c1-4-21(26)29-12-16(25)13-30-23-15(3)10-20(18-8-6-7-9-19(18)23)28-14-17(11-24)31-22(27)5-2/h4-10,16-17,24-25H,1-2,11-14H2,3H3. The van der Waals surface area contributed by atoms with E-state index in [2.05, 4.69) is 13.2 Å². The molecule has 2 unspecified atom stereocenters. The molecule has 2 N–H and O–H groups in total. The molecule has 0 aromatic heterocycles. The van der Waals surface area contributed by atoms with E-state index in [1.54, 1.807) is 6.07 Å². The van der Waals surface area contributed by atoms with Crippen LogP contribution < -0.4 is 9.47 Å². The number of benzene rings is 2. The smallest absolute Gasteiger partial charge is 0.330 e. The van der Waals surface area contributed by atoms with E-state index in [9.17, 15) is 19.8 Å². The third-order valence-corrected chi connectivity index (χ3v) is 4.23. The van der Waals surface area contributed by atoms with E-state index in [0.717, 1.165) is 28.5 Å². The lowest BCUT2D eigenvalue weighted by Gasteiger charge is -2.19. The molecule has 2 aromatic rings. The molecule has 8 heteroatoms. The molecule has 0 radical (unpaired) electrons. The lowest BCUT2D eigenvalue weighted by Crippen LogP contribution is -2.28. The van der Waals surface area contributed by atoms with Crippen LogP contribution in [0.1, 0.15) is 5.56 Å². The first-order valence-electron chi connectivity index (χ1n) is 9.58. The SMILES string of the molecule is C=CC(=O)OCC(O)COc1c(C)cc(OCC(CO)OC(=O)C=C)c2ccccc12. The maximum absolute atomic E-state index is 11.4. The van der Waals surface area contributed by atoms with Gasteiger partial charge in [-0.15, -0.1) is 0 Å². The Balaban J connectivity index is 2.15. The van der Waals surface area contributed by atoms with E-state index in [1.165, 1.54) is 0 Å². The first-order chi connectivity index (χ1) is 14.9. The number of aliphatic hydroxyl groups is 2. The van der Waals surface area contributed by atoms with Gasteiger partial charge in [-0.05, 0) is 18.6 Å². The van der Waals surface area contributed by atoms with Crippen LogP contribution in [0.5, 0.6) is 11.5 Å². The zero-order chi connectivity index (χ0) is 22.8. The zero-order valence-corrected chi connectivity index (χ0v) is 17.3. The lowest BCUT2D eigenvalue weighted by atomic mass is 10.0. The molecule has 2 aromatic carbocycles. The van der Waals surface area contributed by atoms with Crippen LogP contribution in [0, 0.1) is 6.92 Å². The minimum atomic E-state index is -1.01. The summed E-state index contributed by atoms with van der Waals surface area (Å²) in [7, 11) is 0. The summed E-state index contributed by atoms with van der Waals surface area (Å²) in [5.74, 6) is -0.199. The third-order valence-electron chi connectivity index (χ3n) is 4.23. The quantitative estimate of drug-likeness (QED) is 0.389. The second-order valence-corrected chi connectivity index (χ2v) is 6.62. The Morgan fingerprint density at radius 3 is 2.35 bits per heavy atom. The summed E-state index contributed by atoms with van der Waals surface area (Å²) in [6, 6.07) is 9.10. The third kappa shape index (κ3) is 6.84. The van der Waals surface area contributed by atoms with Crippen molar-refractivity contribution in [3.05, 3.63) is 61.2 Å². The van der Waals surface area contributed by atoms with Crippen molar-refractivity contribution >= 4 is 22.7 Å². The maximum Gasteiger partial charge on any atom is 0.330 e. The van der Waals surface area contributed by atoms with Gasteiger partial charge >= 0.3 is 11.9 Å². The van der Waals surface area contributed by atoms with Crippen LogP contribution in [-0.2, 0) is 19.1 Å². The molecule has 0 saturated carbocycles. The average molecular weight is 430 g/mol. The number of ether oxygens (including phenoxy) is 4. The molecule has 0 spiro atoms. The highest BCUT2D eigenvalue weighted by molar-refractivity contribution is 5.94. The van der Waals surface area contributed by atoms with Gasteiger partial charge in [-0.1, -0.05) is 37.4 Å². The molecular formula is C23H26O8. The van der Waals surface area contributed by atoms with Crippen LogP contribution in [0.15, 0.2) is 55.6 Å². The summed E-state index contributed by atoms with van der Waals surface area (Å²) in [5.41, 5.74) is 0.743. The number of hydrogen-bond acceptors (Lipinski definition) is 8. The molecule has 31 heavy (non-hydrogen) atoms. The van der Waals surface area contributed by atoms with Gasteiger partial charge in [0.05, 0.1) is 6.61 Å². The monoisotopic (exact) mass is 430 g/mol. The number of hydrogen-bond donors (Lipinski definition) is 2. The first-order valence-corrected chi connectivity index (χ1v) is 9.58. The summed E-state index contributed by atoms with van der Waals surface area (Å²) in [6.07, 6.45) is 0.182. The highest BCUT2D eigenvalue weighted by Crippen LogP contribution is 2.36. The van der Waals surface area contributed by atoms with Crippen molar-refractivity contribution in [3.8, 4) is 11.5 Å². The Morgan fingerprint density at radius 1 is 1.03 bits per heavy atom. The van der Waals surface area contributed by atoms with Gasteiger partial charge in [0.25, 0.3) is 0 Å². The Kier molecular flexibility index (Phi) is 9.05. The zero-order valence-electron chi connectivity index (χ0n) is 17.3. The van der Waals surface area contributed by atoms with E-state index in [0.29, 0.717) is 11.5 Å². The molecular weight excluding hydrogens is 404 g/mol. The molecule has 0 bridgehead atoms. The van der Waals surface area contributed by atoms with Crippen LogP contribution in [0.25, 0.3) is 10.8 Å². The minimum Gasteiger partial charge on any atom is -0.490 e. The van der Waals surface area contributed by atoms with Gasteiger partial charge in [0.1, 0.15) is 37.4 Å². The van der Waals surface area contributed by atoms with Crippen LogP contribution in [0.4, 0.5) is 0 Å². The summed E-state index contributed by atoms with van der Waals surface area (Å²) in [5, 5.41) is 20.9. The minimum absolute atomic E-state index is 0.0485. The highest BCUT2D eigenvalue weighted by atomic mass is 16.6. The van der Waals surface area contributed by atoms with Crippen molar-refractivity contribution < 1.29 is 38.7 Å². The molecule has 0 amide bonds. The summed E-state index contributed by atoms with van der Waals surface area (Å²) in [6.45, 7) is 7.70. The maximum atomic E-state index is 11.4. The molecule has 2 rings (SSSR count). The number of esters is 2. The normalized spacial score (nSPS) is 12.5. The number of rotatable bonds is 12. The van der Waals surface area contributed by atoms with Gasteiger partial charge in [0.2, 0.25) is 0 Å². The number of aliphatic hydroxyl groups excluding tert-OH is 2. The number of fused-ring (bicyclic) bond motifs is 1. The van der Waals surface area contributed by atoms with Gasteiger partial charge in [-0.2, -0.15) is 0 Å². The molecule has 0 heterocycles. The van der Waals surface area contributed by atoms with E-state index < -0.39 is 30.8 Å². The van der Waals surface area contributed by atoms with Gasteiger partial charge in [-0.25, -0.2) is 9.59 Å². The van der Waals surface area contributed by atoms with E-state index in [1.807, 2.05) is 31.2 Å². The molecule has 166 valence electrons. The predicted molar refractivity (Wildman–Crippen MR) is 114 cm³/mol. The summed E-state index contributed by atoms with van der Waals surface area (Å²) in [4.78, 5) is 22.5. The van der Waals surface area contributed by atoms with E-state index in [4.69, 9.17) is 18.9 Å². The Morgan fingerprint density at radius 2 is 1.71 bits per heavy atom. The van der Waals surface area contributed by atoms with E-state index >= 15 is 0 Å². The van der Waals surface area contributed by atoms with Gasteiger partial charge in [0, 0.05) is 22.9 Å². The number of carbonyl (C=O) groups excluding carboxylic acids is 2. The fourth-order valence-electron chi connectivity index (χ4n) is 2.74. The van der Waals surface area contributed by atoms with Crippen molar-refractivity contribution in [1.29, 1.82) is 0 Å².